The number of pyridine rings is 1. The molecule has 0 saturated carbocycles. The molecule has 1 aromatic heterocycles. The smallest absolute Gasteiger partial charge is 0.333 e. The number of carbonyl (C=O) groups is 3. The fourth-order valence-corrected chi connectivity index (χ4v) is 3.12. The summed E-state index contributed by atoms with van der Waals surface area (Å²) in [6.45, 7) is 2.04. The van der Waals surface area contributed by atoms with Crippen molar-refractivity contribution in [2.24, 2.45) is 0 Å². The SMILES string of the molecule is O=C(c1cccc(N2C(=O)N/C(=C\c3ccncc3)C2=O)c1)N1CCOCC1. The van der Waals surface area contributed by atoms with E-state index in [0.29, 0.717) is 37.6 Å². The van der Waals surface area contributed by atoms with Crippen molar-refractivity contribution in [1.29, 1.82) is 0 Å². The Hall–Kier alpha value is -3.52. The van der Waals surface area contributed by atoms with Gasteiger partial charge in [0.25, 0.3) is 11.8 Å². The molecular weight excluding hydrogens is 360 g/mol. The lowest BCUT2D eigenvalue weighted by Crippen LogP contribution is -2.40. The largest absolute Gasteiger partial charge is 0.378 e. The van der Waals surface area contributed by atoms with Gasteiger partial charge in [0.05, 0.1) is 18.9 Å². The Morgan fingerprint density at radius 1 is 1.11 bits per heavy atom. The quantitative estimate of drug-likeness (QED) is 0.648. The molecule has 0 aliphatic carbocycles. The van der Waals surface area contributed by atoms with E-state index in [0.717, 1.165) is 10.5 Å². The van der Waals surface area contributed by atoms with Crippen LogP contribution in [-0.4, -0.2) is 54.0 Å². The number of hydrogen-bond acceptors (Lipinski definition) is 5. The molecule has 2 aliphatic heterocycles. The van der Waals surface area contributed by atoms with Gasteiger partial charge in [0.2, 0.25) is 0 Å². The number of urea groups is 1. The van der Waals surface area contributed by atoms with E-state index in [-0.39, 0.29) is 11.6 Å². The molecule has 0 radical (unpaired) electrons. The molecule has 8 nitrogen and oxygen atoms in total. The van der Waals surface area contributed by atoms with Gasteiger partial charge in [-0.15, -0.1) is 0 Å². The van der Waals surface area contributed by atoms with E-state index in [9.17, 15) is 14.4 Å². The second kappa shape index (κ2) is 7.61. The van der Waals surface area contributed by atoms with Gasteiger partial charge in [-0.25, -0.2) is 9.69 Å². The second-order valence-electron chi connectivity index (χ2n) is 6.36. The number of carbonyl (C=O) groups excluding carboxylic acids is 3. The van der Waals surface area contributed by atoms with E-state index in [4.69, 9.17) is 4.74 Å². The highest BCUT2D eigenvalue weighted by Gasteiger charge is 2.35. The highest BCUT2D eigenvalue weighted by molar-refractivity contribution is 6.28. The molecule has 3 heterocycles. The first-order valence-electron chi connectivity index (χ1n) is 8.88. The minimum atomic E-state index is -0.554. The van der Waals surface area contributed by atoms with Crippen LogP contribution < -0.4 is 10.2 Å². The Bertz CT molecular complexity index is 952. The third-order valence-corrected chi connectivity index (χ3v) is 4.54. The molecule has 8 heteroatoms. The van der Waals surface area contributed by atoms with Gasteiger partial charge in [0.15, 0.2) is 0 Å². The minimum Gasteiger partial charge on any atom is -0.378 e. The summed E-state index contributed by atoms with van der Waals surface area (Å²) < 4.78 is 5.27. The summed E-state index contributed by atoms with van der Waals surface area (Å²) in [7, 11) is 0. The number of morpholine rings is 1. The minimum absolute atomic E-state index is 0.148. The number of aromatic nitrogens is 1. The number of benzene rings is 1. The highest BCUT2D eigenvalue weighted by atomic mass is 16.5. The number of anilines is 1. The van der Waals surface area contributed by atoms with Crippen LogP contribution in [-0.2, 0) is 9.53 Å². The van der Waals surface area contributed by atoms with Gasteiger partial charge in [0.1, 0.15) is 5.70 Å². The second-order valence-corrected chi connectivity index (χ2v) is 6.36. The van der Waals surface area contributed by atoms with Crippen LogP contribution in [0.25, 0.3) is 6.08 Å². The van der Waals surface area contributed by atoms with E-state index in [1.807, 2.05) is 0 Å². The molecule has 1 aromatic carbocycles. The summed E-state index contributed by atoms with van der Waals surface area (Å²) in [6, 6.07) is 9.43. The molecule has 0 unspecified atom stereocenters. The van der Waals surface area contributed by atoms with E-state index in [1.165, 1.54) is 0 Å². The van der Waals surface area contributed by atoms with Crippen molar-refractivity contribution in [2.75, 3.05) is 31.2 Å². The van der Waals surface area contributed by atoms with E-state index in [2.05, 4.69) is 10.3 Å². The first-order chi connectivity index (χ1) is 13.6. The van der Waals surface area contributed by atoms with Crippen molar-refractivity contribution >= 4 is 29.6 Å². The van der Waals surface area contributed by atoms with Crippen molar-refractivity contribution in [3.63, 3.8) is 0 Å². The Labute approximate surface area is 161 Å². The maximum Gasteiger partial charge on any atom is 0.333 e. The lowest BCUT2D eigenvalue weighted by atomic mass is 10.1. The number of imide groups is 1. The van der Waals surface area contributed by atoms with Gasteiger partial charge in [-0.3, -0.25) is 14.6 Å². The third kappa shape index (κ3) is 3.49. The topological polar surface area (TPSA) is 91.8 Å². The number of ether oxygens (including phenoxy) is 1. The average molecular weight is 378 g/mol. The average Bonchev–Trinajstić information content (AvgIpc) is 3.02. The predicted molar refractivity (Wildman–Crippen MR) is 101 cm³/mol. The summed E-state index contributed by atoms with van der Waals surface area (Å²) >= 11 is 0. The van der Waals surface area contributed by atoms with Gasteiger partial charge in [-0.05, 0) is 42.0 Å². The fraction of sp³-hybridized carbons (Fsp3) is 0.200. The monoisotopic (exact) mass is 378 g/mol. The number of amides is 4. The summed E-state index contributed by atoms with van der Waals surface area (Å²) in [5.41, 5.74) is 1.68. The van der Waals surface area contributed by atoms with Crippen molar-refractivity contribution < 1.29 is 19.1 Å². The van der Waals surface area contributed by atoms with E-state index in [1.54, 1.807) is 59.8 Å². The van der Waals surface area contributed by atoms with Crippen LogP contribution in [0, 0.1) is 0 Å². The normalized spacial score (nSPS) is 18.5. The first-order valence-corrected chi connectivity index (χ1v) is 8.88. The summed E-state index contributed by atoms with van der Waals surface area (Å²) in [4.78, 5) is 44.5. The van der Waals surface area contributed by atoms with Gasteiger partial charge >= 0.3 is 6.03 Å². The van der Waals surface area contributed by atoms with Crippen molar-refractivity contribution in [3.8, 4) is 0 Å². The molecule has 0 spiro atoms. The number of hydrogen-bond donors (Lipinski definition) is 1. The summed E-state index contributed by atoms with van der Waals surface area (Å²) in [5.74, 6) is -0.623. The molecular formula is C20H18N4O4. The van der Waals surface area contributed by atoms with Crippen molar-refractivity contribution in [3.05, 3.63) is 65.6 Å². The molecule has 28 heavy (non-hydrogen) atoms. The highest BCUT2D eigenvalue weighted by Crippen LogP contribution is 2.24. The predicted octanol–water partition coefficient (Wildman–Crippen LogP) is 1.65. The number of nitrogens with zero attached hydrogens (tertiary/aromatic N) is 3. The molecule has 0 atom stereocenters. The molecule has 4 amide bonds. The molecule has 2 aromatic rings. The van der Waals surface area contributed by atoms with Crippen LogP contribution in [0.1, 0.15) is 15.9 Å². The maximum absolute atomic E-state index is 12.8. The van der Waals surface area contributed by atoms with Crippen LogP contribution in [0.2, 0.25) is 0 Å². The van der Waals surface area contributed by atoms with Crippen LogP contribution in [0.3, 0.4) is 0 Å². The maximum atomic E-state index is 12.8. The Kier molecular flexibility index (Phi) is 4.86. The zero-order valence-electron chi connectivity index (χ0n) is 15.0. The lowest BCUT2D eigenvalue weighted by Gasteiger charge is -2.27. The number of rotatable bonds is 3. The van der Waals surface area contributed by atoms with E-state index < -0.39 is 11.9 Å². The van der Waals surface area contributed by atoms with Gasteiger partial charge in [-0.1, -0.05) is 6.07 Å². The van der Waals surface area contributed by atoms with Gasteiger partial charge in [0, 0.05) is 31.0 Å². The van der Waals surface area contributed by atoms with Crippen molar-refractivity contribution in [1.82, 2.24) is 15.2 Å². The Morgan fingerprint density at radius 2 is 1.86 bits per heavy atom. The van der Waals surface area contributed by atoms with Gasteiger partial charge in [-0.2, -0.15) is 0 Å². The van der Waals surface area contributed by atoms with Crippen LogP contribution in [0.4, 0.5) is 10.5 Å². The standard InChI is InChI=1S/C20H18N4O4/c25-18(23-8-10-28-11-9-23)15-2-1-3-16(13-15)24-19(26)17(22-20(24)27)12-14-4-6-21-7-5-14/h1-7,12-13H,8-11H2,(H,22,27)/b17-12-. The van der Waals surface area contributed by atoms with Crippen molar-refractivity contribution in [2.45, 2.75) is 0 Å². The van der Waals surface area contributed by atoms with Gasteiger partial charge < -0.3 is 15.0 Å². The molecule has 142 valence electrons. The Morgan fingerprint density at radius 3 is 2.61 bits per heavy atom. The Balaban J connectivity index is 1.59. The van der Waals surface area contributed by atoms with Crippen LogP contribution in [0.5, 0.6) is 0 Å². The van der Waals surface area contributed by atoms with Crippen LogP contribution in [0.15, 0.2) is 54.5 Å². The molecule has 2 aliphatic rings. The lowest BCUT2D eigenvalue weighted by molar-refractivity contribution is -0.113. The van der Waals surface area contributed by atoms with E-state index >= 15 is 0 Å². The molecule has 1 N–H and O–H groups in total. The zero-order valence-corrected chi connectivity index (χ0v) is 15.0. The zero-order chi connectivity index (χ0) is 19.5. The number of nitrogens with one attached hydrogen (secondary N) is 1. The molecule has 2 fully saturated rings. The molecule has 4 rings (SSSR count). The third-order valence-electron chi connectivity index (χ3n) is 4.54. The first kappa shape index (κ1) is 17.9. The fourth-order valence-electron chi connectivity index (χ4n) is 3.12. The molecule has 0 bridgehead atoms. The summed E-state index contributed by atoms with van der Waals surface area (Å²) in [5, 5.41) is 2.58. The van der Waals surface area contributed by atoms with Crippen LogP contribution >= 0.6 is 0 Å². The summed E-state index contributed by atoms with van der Waals surface area (Å²) in [6.07, 6.45) is 4.79. The molecule has 2 saturated heterocycles.